The van der Waals surface area contributed by atoms with E-state index < -0.39 is 5.97 Å². The van der Waals surface area contributed by atoms with Crippen LogP contribution >= 0.6 is 15.9 Å². The van der Waals surface area contributed by atoms with E-state index in [2.05, 4.69) is 15.9 Å². The number of esters is 1. The molecule has 3 aromatic rings. The summed E-state index contributed by atoms with van der Waals surface area (Å²) >= 11 is 3.44. The van der Waals surface area contributed by atoms with Gasteiger partial charge in [0.15, 0.2) is 0 Å². The molecule has 0 bridgehead atoms. The van der Waals surface area contributed by atoms with Gasteiger partial charge in [0.05, 0.1) is 11.1 Å². The summed E-state index contributed by atoms with van der Waals surface area (Å²) in [7, 11) is 0. The molecule has 0 unspecified atom stereocenters. The number of halogens is 1. The highest BCUT2D eigenvalue weighted by Gasteiger charge is 2.24. The fourth-order valence-electron chi connectivity index (χ4n) is 2.73. The molecule has 0 atom stereocenters. The highest BCUT2D eigenvalue weighted by molar-refractivity contribution is 9.10. The van der Waals surface area contributed by atoms with Gasteiger partial charge in [-0.2, -0.15) is 0 Å². The Kier molecular flexibility index (Phi) is 5.19. The third kappa shape index (κ3) is 3.44. The largest absolute Gasteiger partial charge is 0.506 e. The molecule has 0 saturated carbocycles. The minimum Gasteiger partial charge on any atom is -0.506 e. The van der Waals surface area contributed by atoms with Crippen LogP contribution < -0.4 is 0 Å². The smallest absolute Gasteiger partial charge is 0.342 e. The maximum atomic E-state index is 12.5. The number of phenolic OH excluding ortho intramolecular Hbond substituents is 1. The molecular formula is C21H17BrO3. The molecule has 0 fully saturated rings. The average Bonchev–Trinajstić information content (AvgIpc) is 2.65. The second-order valence-electron chi connectivity index (χ2n) is 5.46. The first-order valence-corrected chi connectivity index (χ1v) is 8.76. The zero-order valence-electron chi connectivity index (χ0n) is 13.7. The van der Waals surface area contributed by atoms with Crippen molar-refractivity contribution in [2.24, 2.45) is 0 Å². The van der Waals surface area contributed by atoms with Crippen LogP contribution in [0.3, 0.4) is 0 Å². The van der Waals surface area contributed by atoms with Gasteiger partial charge in [-0.05, 0) is 40.0 Å². The molecule has 126 valence electrons. The van der Waals surface area contributed by atoms with Gasteiger partial charge in [0.25, 0.3) is 0 Å². The molecule has 0 heterocycles. The third-order valence-electron chi connectivity index (χ3n) is 3.89. The standard InChI is InChI=1S/C21H17BrO3/c1-2-25-21(24)18-16(14-9-5-3-6-10-14)13-17(19(22)20(18)23)15-11-7-4-8-12-15/h3-13,23H,2H2,1H3. The van der Waals surface area contributed by atoms with E-state index in [1.165, 1.54) is 0 Å². The minimum atomic E-state index is -0.542. The van der Waals surface area contributed by atoms with Gasteiger partial charge in [-0.25, -0.2) is 4.79 Å². The molecule has 0 aliphatic heterocycles. The fraction of sp³-hybridized carbons (Fsp3) is 0.0952. The van der Waals surface area contributed by atoms with Crippen LogP contribution in [0.4, 0.5) is 0 Å². The Bertz CT molecular complexity index is 890. The monoisotopic (exact) mass is 396 g/mol. The van der Waals surface area contributed by atoms with Crippen LogP contribution in [-0.2, 0) is 4.74 Å². The molecule has 4 heteroatoms. The summed E-state index contributed by atoms with van der Waals surface area (Å²) in [6, 6.07) is 21.1. The Morgan fingerprint density at radius 1 is 0.960 bits per heavy atom. The molecule has 0 saturated heterocycles. The second-order valence-corrected chi connectivity index (χ2v) is 6.25. The lowest BCUT2D eigenvalue weighted by atomic mass is 9.93. The van der Waals surface area contributed by atoms with Crippen molar-refractivity contribution < 1.29 is 14.6 Å². The van der Waals surface area contributed by atoms with Crippen molar-refractivity contribution >= 4 is 21.9 Å². The molecule has 3 nitrogen and oxygen atoms in total. The Morgan fingerprint density at radius 2 is 1.48 bits per heavy atom. The SMILES string of the molecule is CCOC(=O)c1c(-c2ccccc2)cc(-c2ccccc2)c(Br)c1O. The minimum absolute atomic E-state index is 0.112. The van der Waals surface area contributed by atoms with Gasteiger partial charge in [-0.3, -0.25) is 0 Å². The quantitative estimate of drug-likeness (QED) is 0.578. The van der Waals surface area contributed by atoms with E-state index in [9.17, 15) is 9.90 Å². The summed E-state index contributed by atoms with van der Waals surface area (Å²) in [6.45, 7) is 1.98. The number of rotatable bonds is 4. The Morgan fingerprint density at radius 3 is 2.00 bits per heavy atom. The van der Waals surface area contributed by atoms with Crippen LogP contribution in [0.5, 0.6) is 5.75 Å². The van der Waals surface area contributed by atoms with Crippen LogP contribution in [0.1, 0.15) is 17.3 Å². The highest BCUT2D eigenvalue weighted by atomic mass is 79.9. The average molecular weight is 397 g/mol. The van der Waals surface area contributed by atoms with E-state index in [0.29, 0.717) is 10.0 Å². The third-order valence-corrected chi connectivity index (χ3v) is 4.69. The van der Waals surface area contributed by atoms with Crippen molar-refractivity contribution in [1.29, 1.82) is 0 Å². The summed E-state index contributed by atoms with van der Waals surface area (Å²) in [5.74, 6) is -0.655. The molecule has 0 spiro atoms. The van der Waals surface area contributed by atoms with Crippen molar-refractivity contribution in [3.8, 4) is 28.0 Å². The maximum absolute atomic E-state index is 12.5. The number of hydrogen-bond acceptors (Lipinski definition) is 3. The Hall–Kier alpha value is -2.59. The topological polar surface area (TPSA) is 46.5 Å². The van der Waals surface area contributed by atoms with Crippen molar-refractivity contribution in [3.05, 3.63) is 76.8 Å². The van der Waals surface area contributed by atoms with E-state index in [0.717, 1.165) is 16.7 Å². The maximum Gasteiger partial charge on any atom is 0.342 e. The van der Waals surface area contributed by atoms with Crippen molar-refractivity contribution in [3.63, 3.8) is 0 Å². The summed E-state index contributed by atoms with van der Waals surface area (Å²) < 4.78 is 5.63. The van der Waals surface area contributed by atoms with Crippen molar-refractivity contribution in [1.82, 2.24) is 0 Å². The van der Waals surface area contributed by atoms with Crippen LogP contribution in [0.2, 0.25) is 0 Å². The molecule has 3 rings (SSSR count). The first kappa shape index (κ1) is 17.2. The lowest BCUT2D eigenvalue weighted by molar-refractivity contribution is 0.0524. The number of phenols is 1. The molecule has 1 N–H and O–H groups in total. The summed E-state index contributed by atoms with van der Waals surface area (Å²) in [5, 5.41) is 10.7. The molecule has 0 radical (unpaired) electrons. The molecular weight excluding hydrogens is 380 g/mol. The lowest BCUT2D eigenvalue weighted by Gasteiger charge is -2.16. The summed E-state index contributed by atoms with van der Waals surface area (Å²) in [6.07, 6.45) is 0. The summed E-state index contributed by atoms with van der Waals surface area (Å²) in [4.78, 5) is 12.5. The molecule has 3 aromatic carbocycles. The van der Waals surface area contributed by atoms with E-state index >= 15 is 0 Å². The van der Waals surface area contributed by atoms with Crippen LogP contribution in [0, 0.1) is 0 Å². The van der Waals surface area contributed by atoms with Gasteiger partial charge in [0.2, 0.25) is 0 Å². The number of ether oxygens (including phenoxy) is 1. The van der Waals surface area contributed by atoms with Gasteiger partial charge in [-0.15, -0.1) is 0 Å². The summed E-state index contributed by atoms with van der Waals surface area (Å²) in [5.41, 5.74) is 3.39. The predicted octanol–water partition coefficient (Wildman–Crippen LogP) is 5.67. The predicted molar refractivity (Wildman–Crippen MR) is 103 cm³/mol. The van der Waals surface area contributed by atoms with Gasteiger partial charge >= 0.3 is 5.97 Å². The zero-order valence-corrected chi connectivity index (χ0v) is 15.3. The highest BCUT2D eigenvalue weighted by Crippen LogP contribution is 2.43. The molecule has 25 heavy (non-hydrogen) atoms. The lowest BCUT2D eigenvalue weighted by Crippen LogP contribution is -2.08. The van der Waals surface area contributed by atoms with Gasteiger partial charge < -0.3 is 9.84 Å². The zero-order chi connectivity index (χ0) is 17.8. The Balaban J connectivity index is 2.29. The number of carbonyl (C=O) groups is 1. The van der Waals surface area contributed by atoms with E-state index in [1.807, 2.05) is 66.7 Å². The van der Waals surface area contributed by atoms with E-state index in [1.54, 1.807) is 6.92 Å². The number of aromatic hydroxyl groups is 1. The van der Waals surface area contributed by atoms with Crippen LogP contribution in [-0.4, -0.2) is 17.7 Å². The Labute approximate surface area is 155 Å². The van der Waals surface area contributed by atoms with Gasteiger partial charge in [-0.1, -0.05) is 60.7 Å². The van der Waals surface area contributed by atoms with Crippen molar-refractivity contribution in [2.75, 3.05) is 6.61 Å². The number of hydrogen-bond donors (Lipinski definition) is 1. The van der Waals surface area contributed by atoms with Crippen molar-refractivity contribution in [2.45, 2.75) is 6.92 Å². The molecule has 0 amide bonds. The number of benzene rings is 3. The molecule has 0 aliphatic carbocycles. The molecule has 0 aliphatic rings. The first-order valence-electron chi connectivity index (χ1n) is 7.97. The van der Waals surface area contributed by atoms with Gasteiger partial charge in [0.1, 0.15) is 11.3 Å². The first-order chi connectivity index (χ1) is 12.1. The molecule has 0 aromatic heterocycles. The second kappa shape index (κ2) is 7.53. The van der Waals surface area contributed by atoms with Crippen LogP contribution in [0.25, 0.3) is 22.3 Å². The fourth-order valence-corrected chi connectivity index (χ4v) is 3.27. The normalized spacial score (nSPS) is 10.5. The van der Waals surface area contributed by atoms with Gasteiger partial charge in [0, 0.05) is 11.1 Å². The number of carbonyl (C=O) groups excluding carboxylic acids is 1. The van der Waals surface area contributed by atoms with E-state index in [4.69, 9.17) is 4.74 Å². The van der Waals surface area contributed by atoms with E-state index in [-0.39, 0.29) is 17.9 Å². The van der Waals surface area contributed by atoms with Crippen LogP contribution in [0.15, 0.2) is 71.2 Å².